The lowest BCUT2D eigenvalue weighted by Gasteiger charge is -2.47. The summed E-state index contributed by atoms with van der Waals surface area (Å²) in [5.41, 5.74) is 7.26. The number of rotatable bonds is 9. The highest BCUT2D eigenvalue weighted by atomic mass is 35.5. The highest BCUT2D eigenvalue weighted by Crippen LogP contribution is 2.41. The molecule has 3 amide bonds. The van der Waals surface area contributed by atoms with Gasteiger partial charge >= 0.3 is 0 Å². The Kier molecular flexibility index (Phi) is 8.52. The Hall–Kier alpha value is -4.84. The predicted octanol–water partition coefficient (Wildman–Crippen LogP) is 4.68. The van der Waals surface area contributed by atoms with Gasteiger partial charge in [-0.15, -0.1) is 0 Å². The zero-order valence-corrected chi connectivity index (χ0v) is 29.5. The van der Waals surface area contributed by atoms with Gasteiger partial charge in [-0.05, 0) is 47.9 Å². The highest BCUT2D eigenvalue weighted by Gasteiger charge is 2.48. The number of pyridine rings is 2. The monoisotopic (exact) mass is 705 g/mol. The van der Waals surface area contributed by atoms with Crippen LogP contribution in [-0.2, 0) is 22.7 Å². The normalized spacial score (nSPS) is 19.0. The van der Waals surface area contributed by atoms with Crippen LogP contribution >= 0.6 is 11.6 Å². The maximum Gasteiger partial charge on any atom is 0.274 e. The molecule has 2 spiro atoms. The van der Waals surface area contributed by atoms with E-state index in [9.17, 15) is 14.4 Å². The molecule has 51 heavy (non-hydrogen) atoms. The van der Waals surface area contributed by atoms with Crippen LogP contribution in [0, 0.1) is 17.8 Å². The van der Waals surface area contributed by atoms with Gasteiger partial charge in [0.15, 0.2) is 0 Å². The van der Waals surface area contributed by atoms with Crippen LogP contribution in [0.5, 0.6) is 5.75 Å². The van der Waals surface area contributed by atoms with E-state index in [1.165, 1.54) is 0 Å². The van der Waals surface area contributed by atoms with Crippen LogP contribution in [0.25, 0.3) is 22.4 Å². The Morgan fingerprint density at radius 2 is 1.61 bits per heavy atom. The van der Waals surface area contributed by atoms with Crippen molar-refractivity contribution in [3.05, 3.63) is 94.4 Å². The van der Waals surface area contributed by atoms with Gasteiger partial charge in [0.2, 0.25) is 11.8 Å². The molecule has 11 nitrogen and oxygen atoms in total. The fourth-order valence-electron chi connectivity index (χ4n) is 8.26. The van der Waals surface area contributed by atoms with Crippen LogP contribution in [0.3, 0.4) is 0 Å². The zero-order chi connectivity index (χ0) is 35.3. The standard InChI is InChI=1S/C39H40ClN7O4/c1-24-28(4-3-5-30(24)45-37(50)31-9-6-25(15-42-31)16-46-20-38(21-46)13-33(48)43-18-38)29-10-11-41-36(35(29)40)26-7-8-27(32(12-26)51-2)17-47-22-39(23-47)14-34(49)44-19-39/h3-12,15H,13-14,16-23H2,1-2H3,(H,43,48)(H,44,49)(H,45,50). The van der Waals surface area contributed by atoms with E-state index in [4.69, 9.17) is 16.3 Å². The molecular weight excluding hydrogens is 666 g/mol. The van der Waals surface area contributed by atoms with Crippen LogP contribution < -0.4 is 20.7 Å². The number of likely N-dealkylation sites (tertiary alicyclic amines) is 2. The van der Waals surface area contributed by atoms with E-state index in [1.807, 2.05) is 49.4 Å². The minimum absolute atomic E-state index is 0.0688. The zero-order valence-electron chi connectivity index (χ0n) is 28.7. The van der Waals surface area contributed by atoms with Gasteiger partial charge in [-0.3, -0.25) is 34.2 Å². The molecule has 12 heteroatoms. The summed E-state index contributed by atoms with van der Waals surface area (Å²) in [5, 5.41) is 9.44. The van der Waals surface area contributed by atoms with Gasteiger partial charge in [0.05, 0.1) is 17.8 Å². The quantitative estimate of drug-likeness (QED) is 0.229. The number of hydrogen-bond donors (Lipinski definition) is 3. The van der Waals surface area contributed by atoms with Crippen LogP contribution in [-0.4, -0.2) is 83.9 Å². The molecule has 2 aromatic carbocycles. The van der Waals surface area contributed by atoms with Crippen molar-refractivity contribution in [1.29, 1.82) is 0 Å². The molecule has 4 fully saturated rings. The van der Waals surface area contributed by atoms with Gasteiger partial charge in [0, 0.05) is 111 Å². The number of aromatic nitrogens is 2. The first kappa shape index (κ1) is 33.3. The van der Waals surface area contributed by atoms with E-state index in [0.29, 0.717) is 34.9 Å². The van der Waals surface area contributed by atoms with Crippen LogP contribution in [0.15, 0.2) is 67.0 Å². The second-order valence-corrected chi connectivity index (χ2v) is 15.1. The predicted molar refractivity (Wildman–Crippen MR) is 194 cm³/mol. The van der Waals surface area contributed by atoms with E-state index in [0.717, 1.165) is 91.5 Å². The first-order valence-corrected chi connectivity index (χ1v) is 17.7. The maximum absolute atomic E-state index is 13.3. The number of anilines is 1. The lowest BCUT2D eigenvalue weighted by Crippen LogP contribution is -2.56. The number of carbonyl (C=O) groups is 3. The van der Waals surface area contributed by atoms with Gasteiger partial charge < -0.3 is 20.7 Å². The lowest BCUT2D eigenvalue weighted by molar-refractivity contribution is -0.121. The smallest absolute Gasteiger partial charge is 0.274 e. The maximum atomic E-state index is 13.3. The lowest BCUT2D eigenvalue weighted by atomic mass is 9.79. The van der Waals surface area contributed by atoms with Gasteiger partial charge in [-0.25, -0.2) is 0 Å². The Morgan fingerprint density at radius 1 is 0.902 bits per heavy atom. The minimum atomic E-state index is -0.296. The summed E-state index contributed by atoms with van der Waals surface area (Å²) in [6.45, 7) is 8.48. The molecule has 0 saturated carbocycles. The fraction of sp³-hybridized carbons (Fsp3) is 0.359. The SMILES string of the molecule is COc1cc(-c2nccc(-c3cccc(NC(=O)c4ccc(CN5CC6(CNC(=O)C6)C5)cn4)c3C)c2Cl)ccc1CN1CC2(CNC(=O)C2)C1. The average molecular weight is 706 g/mol. The molecule has 4 aromatic rings. The molecule has 6 heterocycles. The Balaban J connectivity index is 0.940. The molecule has 0 radical (unpaired) electrons. The third-order valence-electron chi connectivity index (χ3n) is 10.8. The van der Waals surface area contributed by atoms with Gasteiger partial charge in [0.25, 0.3) is 5.91 Å². The number of amides is 3. The van der Waals surface area contributed by atoms with E-state index in [1.54, 1.807) is 25.6 Å². The van der Waals surface area contributed by atoms with E-state index < -0.39 is 0 Å². The minimum Gasteiger partial charge on any atom is -0.496 e. The third-order valence-corrected chi connectivity index (χ3v) is 11.2. The Bertz CT molecular complexity index is 2040. The Labute approximate surface area is 301 Å². The van der Waals surface area contributed by atoms with Crippen molar-refractivity contribution >= 4 is 35.0 Å². The summed E-state index contributed by atoms with van der Waals surface area (Å²) in [5.74, 6) is 0.742. The van der Waals surface area contributed by atoms with Crippen LogP contribution in [0.4, 0.5) is 5.69 Å². The van der Waals surface area contributed by atoms with Gasteiger partial charge in [0.1, 0.15) is 11.4 Å². The van der Waals surface area contributed by atoms with Gasteiger partial charge in [-0.2, -0.15) is 0 Å². The number of hydrogen-bond acceptors (Lipinski definition) is 8. The molecule has 2 aromatic heterocycles. The number of nitrogens with zero attached hydrogens (tertiary/aromatic N) is 4. The molecule has 4 aliphatic heterocycles. The van der Waals surface area contributed by atoms with E-state index >= 15 is 0 Å². The number of methoxy groups -OCH3 is 1. The first-order valence-electron chi connectivity index (χ1n) is 17.3. The van der Waals surface area contributed by atoms with Crippen molar-refractivity contribution in [2.24, 2.45) is 10.8 Å². The molecule has 262 valence electrons. The molecule has 8 rings (SSSR count). The first-order chi connectivity index (χ1) is 24.6. The number of ether oxygens (including phenoxy) is 1. The van der Waals surface area contributed by atoms with Gasteiger partial charge in [-0.1, -0.05) is 41.9 Å². The second-order valence-electron chi connectivity index (χ2n) is 14.7. The molecule has 4 aliphatic rings. The molecule has 4 saturated heterocycles. The molecule has 0 aliphatic carbocycles. The summed E-state index contributed by atoms with van der Waals surface area (Å²) < 4.78 is 5.80. The van der Waals surface area contributed by atoms with Crippen molar-refractivity contribution in [1.82, 2.24) is 30.4 Å². The summed E-state index contributed by atoms with van der Waals surface area (Å²) in [6.07, 6.45) is 4.70. The van der Waals surface area contributed by atoms with E-state index in [-0.39, 0.29) is 28.6 Å². The summed E-state index contributed by atoms with van der Waals surface area (Å²) in [4.78, 5) is 50.4. The Morgan fingerprint density at radius 3 is 2.24 bits per heavy atom. The molecule has 0 bridgehead atoms. The fourth-order valence-corrected chi connectivity index (χ4v) is 8.58. The van der Waals surface area contributed by atoms with E-state index in [2.05, 4.69) is 41.8 Å². The molecular formula is C39H40ClN7O4. The average Bonchev–Trinajstić information content (AvgIpc) is 3.69. The van der Waals surface area contributed by atoms with Crippen molar-refractivity contribution in [3.8, 4) is 28.1 Å². The van der Waals surface area contributed by atoms with Crippen LogP contribution in [0.2, 0.25) is 5.02 Å². The van der Waals surface area contributed by atoms with Crippen molar-refractivity contribution in [2.45, 2.75) is 32.9 Å². The topological polar surface area (TPSA) is 129 Å². The van der Waals surface area contributed by atoms with Crippen molar-refractivity contribution < 1.29 is 19.1 Å². The number of halogens is 1. The van der Waals surface area contributed by atoms with Crippen molar-refractivity contribution in [2.75, 3.05) is 51.7 Å². The largest absolute Gasteiger partial charge is 0.496 e. The third kappa shape index (κ3) is 6.45. The number of carbonyl (C=O) groups excluding carboxylic acids is 3. The molecule has 3 N–H and O–H groups in total. The van der Waals surface area contributed by atoms with Crippen LogP contribution in [0.1, 0.15) is 40.0 Å². The summed E-state index contributed by atoms with van der Waals surface area (Å²) in [7, 11) is 1.67. The summed E-state index contributed by atoms with van der Waals surface area (Å²) in [6, 6.07) is 17.4. The van der Waals surface area contributed by atoms with Crippen molar-refractivity contribution in [3.63, 3.8) is 0 Å². The highest BCUT2D eigenvalue weighted by molar-refractivity contribution is 6.35. The second kappa shape index (κ2) is 13.0. The molecule has 0 unspecified atom stereocenters. The molecule has 0 atom stereocenters. The number of nitrogens with one attached hydrogen (secondary N) is 3. The number of benzene rings is 2. The summed E-state index contributed by atoms with van der Waals surface area (Å²) >= 11 is 7.08.